The Morgan fingerprint density at radius 3 is 2.71 bits per heavy atom. The third-order valence-corrected chi connectivity index (χ3v) is 7.61. The first-order chi connectivity index (χ1) is 15.0. The maximum Gasteiger partial charge on any atom is 0.356 e. The number of carbonyl (C=O) groups excluding carboxylic acids is 3. The first kappa shape index (κ1) is 21.9. The molecule has 7 nitrogen and oxygen atoms in total. The van der Waals surface area contributed by atoms with E-state index < -0.39 is 23.0 Å². The molecule has 0 saturated carbocycles. The van der Waals surface area contributed by atoms with Gasteiger partial charge in [0.2, 0.25) is 5.91 Å². The Balaban J connectivity index is 1.48. The average Bonchev–Trinajstić information content (AvgIpc) is 3.29. The van der Waals surface area contributed by atoms with Crippen LogP contribution in [0.1, 0.15) is 10.4 Å². The monoisotopic (exact) mass is 478 g/mol. The summed E-state index contributed by atoms with van der Waals surface area (Å²) in [4.78, 5) is 40.5. The van der Waals surface area contributed by atoms with E-state index >= 15 is 0 Å². The number of hydrogen-bond donors (Lipinski definition) is 1. The van der Waals surface area contributed by atoms with Crippen molar-refractivity contribution in [1.29, 1.82) is 0 Å². The summed E-state index contributed by atoms with van der Waals surface area (Å²) in [5.41, 5.74) is -0.746. The second kappa shape index (κ2) is 9.04. The number of nitrogens with one attached hydrogen (secondary N) is 1. The van der Waals surface area contributed by atoms with E-state index in [9.17, 15) is 14.4 Å². The van der Waals surface area contributed by atoms with Gasteiger partial charge in [0.05, 0.1) is 11.5 Å². The zero-order valence-corrected chi connectivity index (χ0v) is 18.9. The third kappa shape index (κ3) is 4.10. The van der Waals surface area contributed by atoms with Gasteiger partial charge in [-0.15, -0.1) is 23.1 Å². The molecule has 3 heterocycles. The molecular weight excluding hydrogens is 460 g/mol. The topological polar surface area (TPSA) is 84.9 Å². The number of hydrogen-bond acceptors (Lipinski definition) is 7. The smallest absolute Gasteiger partial charge is 0.356 e. The summed E-state index contributed by atoms with van der Waals surface area (Å²) < 4.78 is 10.9. The Bertz CT molecular complexity index is 1030. The normalized spacial score (nSPS) is 22.6. The predicted octanol–water partition coefficient (Wildman–Crippen LogP) is 2.86. The Morgan fingerprint density at radius 1 is 1.26 bits per heavy atom. The van der Waals surface area contributed by atoms with E-state index in [1.165, 1.54) is 35.1 Å². The van der Waals surface area contributed by atoms with Crippen LogP contribution in [0.15, 0.2) is 58.6 Å². The lowest BCUT2D eigenvalue weighted by Crippen LogP contribution is -2.80. The maximum absolute atomic E-state index is 13.1. The van der Waals surface area contributed by atoms with Crippen molar-refractivity contribution in [2.75, 3.05) is 12.9 Å². The number of halogens is 1. The number of nitrogens with zero attached hydrogens (tertiary/aromatic N) is 1. The van der Waals surface area contributed by atoms with Crippen LogP contribution in [-0.4, -0.2) is 46.6 Å². The van der Waals surface area contributed by atoms with E-state index in [1.54, 1.807) is 0 Å². The van der Waals surface area contributed by atoms with Crippen molar-refractivity contribution in [3.05, 3.63) is 69.0 Å². The van der Waals surface area contributed by atoms with Crippen LogP contribution in [0.4, 0.5) is 0 Å². The number of thiophene rings is 1. The van der Waals surface area contributed by atoms with E-state index in [2.05, 4.69) is 5.32 Å². The highest BCUT2D eigenvalue weighted by Crippen LogP contribution is 2.47. The van der Waals surface area contributed by atoms with E-state index in [-0.39, 0.29) is 35.4 Å². The molecular formula is C21H19ClN2O5S2. The molecule has 4 rings (SSSR count). The fraction of sp³-hybridized carbons (Fsp3) is 0.286. The molecule has 1 unspecified atom stereocenters. The third-order valence-electron chi connectivity index (χ3n) is 4.95. The maximum atomic E-state index is 13.1. The number of amides is 2. The summed E-state index contributed by atoms with van der Waals surface area (Å²) in [5, 5.41) is 4.19. The molecule has 0 radical (unpaired) electrons. The highest BCUT2D eigenvalue weighted by atomic mass is 35.5. The van der Waals surface area contributed by atoms with Crippen LogP contribution < -0.4 is 5.32 Å². The molecule has 162 valence electrons. The van der Waals surface area contributed by atoms with Gasteiger partial charge in [-0.25, -0.2) is 4.79 Å². The fourth-order valence-electron chi connectivity index (χ4n) is 3.45. The van der Waals surface area contributed by atoms with Crippen molar-refractivity contribution in [1.82, 2.24) is 10.2 Å². The van der Waals surface area contributed by atoms with Gasteiger partial charge in [-0.1, -0.05) is 48.0 Å². The number of benzene rings is 1. The molecule has 1 fully saturated rings. The van der Waals surface area contributed by atoms with Crippen molar-refractivity contribution < 1.29 is 23.9 Å². The van der Waals surface area contributed by atoms with Crippen LogP contribution in [0.3, 0.4) is 0 Å². The van der Waals surface area contributed by atoms with Gasteiger partial charge in [-0.2, -0.15) is 0 Å². The predicted molar refractivity (Wildman–Crippen MR) is 118 cm³/mol. The number of β-lactam (4-membered cyclic amide) rings is 1. The van der Waals surface area contributed by atoms with Crippen molar-refractivity contribution >= 4 is 52.5 Å². The quantitative estimate of drug-likeness (QED) is 0.374. The molecule has 0 bridgehead atoms. The number of thioether (sulfide) groups is 1. The van der Waals surface area contributed by atoms with Crippen LogP contribution in [0, 0.1) is 0 Å². The SMILES string of the molecule is COC1(NC(=O)Cc2cccs2)C(=O)N2C(C(=O)OCc3ccccc3)=C(Cl)CS[C@H]21. The minimum Gasteiger partial charge on any atom is -0.456 e. The summed E-state index contributed by atoms with van der Waals surface area (Å²) in [7, 11) is 1.36. The highest BCUT2D eigenvalue weighted by Gasteiger charge is 2.66. The van der Waals surface area contributed by atoms with Gasteiger partial charge in [0.1, 0.15) is 17.7 Å². The zero-order chi connectivity index (χ0) is 22.0. The molecule has 31 heavy (non-hydrogen) atoms. The average molecular weight is 479 g/mol. The van der Waals surface area contributed by atoms with Crippen molar-refractivity contribution in [3.63, 3.8) is 0 Å². The molecule has 2 aliphatic heterocycles. The lowest BCUT2D eigenvalue weighted by Gasteiger charge is -2.55. The number of methoxy groups -OCH3 is 1. The van der Waals surface area contributed by atoms with Gasteiger partial charge in [0.15, 0.2) is 0 Å². The van der Waals surface area contributed by atoms with Gasteiger partial charge < -0.3 is 14.8 Å². The lowest BCUT2D eigenvalue weighted by molar-refractivity contribution is -0.192. The minimum absolute atomic E-state index is 0.00784. The van der Waals surface area contributed by atoms with E-state index in [1.807, 2.05) is 47.8 Å². The molecule has 0 spiro atoms. The van der Waals surface area contributed by atoms with Crippen LogP contribution in [0.5, 0.6) is 0 Å². The molecule has 1 aromatic carbocycles. The number of fused-ring (bicyclic) bond motifs is 1. The molecule has 1 saturated heterocycles. The number of ether oxygens (including phenoxy) is 2. The zero-order valence-electron chi connectivity index (χ0n) is 16.5. The van der Waals surface area contributed by atoms with Gasteiger partial charge >= 0.3 is 5.97 Å². The molecule has 1 N–H and O–H groups in total. The largest absolute Gasteiger partial charge is 0.456 e. The van der Waals surface area contributed by atoms with Gasteiger partial charge in [0, 0.05) is 17.7 Å². The second-order valence-electron chi connectivity index (χ2n) is 6.90. The van der Waals surface area contributed by atoms with E-state index in [4.69, 9.17) is 21.1 Å². The summed E-state index contributed by atoms with van der Waals surface area (Å²) >= 11 is 9.06. The summed E-state index contributed by atoms with van der Waals surface area (Å²) in [6.07, 6.45) is 0.135. The fourth-order valence-corrected chi connectivity index (χ4v) is 5.79. The number of esters is 1. The molecule has 2 aromatic rings. The van der Waals surface area contributed by atoms with Crippen molar-refractivity contribution in [3.8, 4) is 0 Å². The second-order valence-corrected chi connectivity index (χ2v) is 9.45. The highest BCUT2D eigenvalue weighted by molar-refractivity contribution is 8.00. The summed E-state index contributed by atoms with van der Waals surface area (Å²) in [6, 6.07) is 12.9. The molecule has 0 aliphatic carbocycles. The Labute approximate surface area is 192 Å². The van der Waals surface area contributed by atoms with Gasteiger partial charge in [-0.05, 0) is 17.0 Å². The van der Waals surface area contributed by atoms with Gasteiger partial charge in [-0.3, -0.25) is 14.5 Å². The standard InChI is InChI=1S/C21H19ClN2O5S2/c1-28-21(23-16(25)10-14-8-5-9-30-14)19(27)24-17(15(22)12-31-20(21)24)18(26)29-11-13-6-3-2-4-7-13/h2-9,20H,10-12H2,1H3,(H,23,25)/t20-,21?/m0/s1. The first-order valence-electron chi connectivity index (χ1n) is 9.40. The summed E-state index contributed by atoms with van der Waals surface area (Å²) in [6.45, 7) is 0.0557. The molecule has 2 amide bonds. The Kier molecular flexibility index (Phi) is 6.38. The first-order valence-corrected chi connectivity index (χ1v) is 11.7. The Hall–Kier alpha value is -2.33. The van der Waals surface area contributed by atoms with Crippen LogP contribution in [-0.2, 0) is 36.9 Å². The molecule has 2 atom stereocenters. The molecule has 1 aromatic heterocycles. The lowest BCUT2D eigenvalue weighted by atomic mass is 9.99. The summed E-state index contributed by atoms with van der Waals surface area (Å²) in [5.74, 6) is -1.30. The molecule has 2 aliphatic rings. The van der Waals surface area contributed by atoms with Crippen molar-refractivity contribution in [2.24, 2.45) is 0 Å². The Morgan fingerprint density at radius 2 is 2.03 bits per heavy atom. The van der Waals surface area contributed by atoms with Crippen LogP contribution >= 0.6 is 34.7 Å². The van der Waals surface area contributed by atoms with Crippen LogP contribution in [0.2, 0.25) is 0 Å². The van der Waals surface area contributed by atoms with Crippen LogP contribution in [0.25, 0.3) is 0 Å². The molecule has 10 heteroatoms. The minimum atomic E-state index is -1.55. The number of rotatable bonds is 7. The van der Waals surface area contributed by atoms with Gasteiger partial charge in [0.25, 0.3) is 11.6 Å². The van der Waals surface area contributed by atoms with Crippen molar-refractivity contribution in [2.45, 2.75) is 24.1 Å². The van der Waals surface area contributed by atoms with E-state index in [0.717, 1.165) is 10.4 Å². The van der Waals surface area contributed by atoms with E-state index in [0.29, 0.717) is 0 Å². The number of carbonyl (C=O) groups is 3.